The summed E-state index contributed by atoms with van der Waals surface area (Å²) in [7, 11) is 0. The van der Waals surface area contributed by atoms with Crippen LogP contribution in [0.4, 0.5) is 5.69 Å². The molecule has 1 atom stereocenters. The van der Waals surface area contributed by atoms with Crippen molar-refractivity contribution in [3.8, 4) is 0 Å². The summed E-state index contributed by atoms with van der Waals surface area (Å²) in [5, 5.41) is 8.67. The van der Waals surface area contributed by atoms with E-state index in [2.05, 4.69) is 19.9 Å². The van der Waals surface area contributed by atoms with Gasteiger partial charge < -0.3 is 5.32 Å². The lowest BCUT2D eigenvalue weighted by molar-refractivity contribution is -0.124. The first-order valence-electron chi connectivity index (χ1n) is 10.1. The minimum atomic E-state index is -0.900. The first-order chi connectivity index (χ1) is 14.7. The lowest BCUT2D eigenvalue weighted by atomic mass is 9.98. The van der Waals surface area contributed by atoms with E-state index < -0.39 is 11.6 Å². The maximum Gasteiger partial charge on any atom is 0.280 e. The summed E-state index contributed by atoms with van der Waals surface area (Å²) in [5.74, 6) is -0.649. The second-order valence-electron chi connectivity index (χ2n) is 8.17. The molecule has 1 aromatic carbocycles. The van der Waals surface area contributed by atoms with Gasteiger partial charge in [0.05, 0.1) is 0 Å². The molecule has 0 aliphatic heterocycles. The smallest absolute Gasteiger partial charge is 0.280 e. The fourth-order valence-corrected chi connectivity index (χ4v) is 3.61. The molecule has 0 saturated carbocycles. The molecule has 8 heteroatoms. The standard InChI is InChI=1S/C23H27N5O2S/c1-6-23(4,5)25-21(29)20(17-9-11-24-12-10-17)28(22(30)18-14-31-27-26-18)19-13-15(2)7-8-16(19)3/h7-14,20H,6H2,1-5H3,(H,25,29)/t20-/m1/s1. The van der Waals surface area contributed by atoms with Gasteiger partial charge in [0, 0.05) is 29.0 Å². The molecule has 0 aliphatic rings. The molecule has 1 N–H and O–H groups in total. The molecule has 3 rings (SSSR count). The van der Waals surface area contributed by atoms with E-state index in [-0.39, 0.29) is 17.5 Å². The molecule has 0 bridgehead atoms. The van der Waals surface area contributed by atoms with Crippen LogP contribution in [0, 0.1) is 13.8 Å². The molecule has 162 valence electrons. The molecular formula is C23H27N5O2S. The van der Waals surface area contributed by atoms with Crippen LogP contribution < -0.4 is 10.2 Å². The Labute approximate surface area is 186 Å². The predicted octanol–water partition coefficient (Wildman–Crippen LogP) is 4.24. The molecule has 0 saturated heterocycles. The van der Waals surface area contributed by atoms with Crippen molar-refractivity contribution in [2.75, 3.05) is 4.90 Å². The third-order valence-corrected chi connectivity index (χ3v) is 5.80. The summed E-state index contributed by atoms with van der Waals surface area (Å²) in [5.41, 5.74) is 2.95. The monoisotopic (exact) mass is 437 g/mol. The van der Waals surface area contributed by atoms with E-state index in [0.717, 1.165) is 29.1 Å². The van der Waals surface area contributed by atoms with Crippen LogP contribution in [0.15, 0.2) is 48.1 Å². The normalized spacial score (nSPS) is 12.3. The van der Waals surface area contributed by atoms with Gasteiger partial charge in [0.15, 0.2) is 5.69 Å². The summed E-state index contributed by atoms with van der Waals surface area (Å²) in [4.78, 5) is 32.9. The summed E-state index contributed by atoms with van der Waals surface area (Å²) < 4.78 is 3.84. The average Bonchev–Trinajstić information content (AvgIpc) is 3.28. The van der Waals surface area contributed by atoms with Crippen LogP contribution in [-0.4, -0.2) is 31.9 Å². The third kappa shape index (κ3) is 5.14. The number of nitrogens with zero attached hydrogens (tertiary/aromatic N) is 4. The number of amides is 2. The van der Waals surface area contributed by atoms with Gasteiger partial charge in [-0.25, -0.2) is 0 Å². The largest absolute Gasteiger partial charge is 0.349 e. The highest BCUT2D eigenvalue weighted by atomic mass is 32.1. The van der Waals surface area contributed by atoms with Gasteiger partial charge in [0.2, 0.25) is 5.91 Å². The number of aromatic nitrogens is 3. The topological polar surface area (TPSA) is 88.1 Å². The molecule has 3 aromatic rings. The molecule has 0 radical (unpaired) electrons. The summed E-state index contributed by atoms with van der Waals surface area (Å²) in [6, 6.07) is 8.46. The van der Waals surface area contributed by atoms with E-state index in [1.54, 1.807) is 29.9 Å². The summed E-state index contributed by atoms with van der Waals surface area (Å²) in [6.45, 7) is 9.81. The predicted molar refractivity (Wildman–Crippen MR) is 122 cm³/mol. The fourth-order valence-electron chi connectivity index (χ4n) is 3.18. The molecule has 2 heterocycles. The number of carbonyl (C=O) groups is 2. The van der Waals surface area contributed by atoms with E-state index in [1.807, 2.05) is 52.8 Å². The number of aryl methyl sites for hydroxylation is 2. The van der Waals surface area contributed by atoms with E-state index in [9.17, 15) is 9.59 Å². The maximum absolute atomic E-state index is 13.7. The average molecular weight is 438 g/mol. The van der Waals surface area contributed by atoms with Gasteiger partial charge in [-0.3, -0.25) is 19.5 Å². The number of pyridine rings is 1. The van der Waals surface area contributed by atoms with Gasteiger partial charge in [-0.2, -0.15) is 0 Å². The van der Waals surface area contributed by atoms with Crippen molar-refractivity contribution in [2.45, 2.75) is 52.6 Å². The zero-order valence-electron chi connectivity index (χ0n) is 18.4. The second kappa shape index (κ2) is 9.34. The van der Waals surface area contributed by atoms with Gasteiger partial charge in [-0.05, 0) is 80.5 Å². The second-order valence-corrected chi connectivity index (χ2v) is 8.77. The van der Waals surface area contributed by atoms with Crippen molar-refractivity contribution in [2.24, 2.45) is 0 Å². The molecule has 0 spiro atoms. The van der Waals surface area contributed by atoms with Crippen LogP contribution in [-0.2, 0) is 4.79 Å². The van der Waals surface area contributed by atoms with Crippen molar-refractivity contribution in [1.29, 1.82) is 0 Å². The van der Waals surface area contributed by atoms with Crippen LogP contribution >= 0.6 is 11.5 Å². The number of hydrogen-bond donors (Lipinski definition) is 1. The van der Waals surface area contributed by atoms with E-state index in [1.165, 1.54) is 4.90 Å². The maximum atomic E-state index is 13.7. The van der Waals surface area contributed by atoms with Gasteiger partial charge in [-0.15, -0.1) is 5.10 Å². The Morgan fingerprint density at radius 1 is 1.16 bits per heavy atom. The first-order valence-corrected chi connectivity index (χ1v) is 11.0. The van der Waals surface area contributed by atoms with E-state index >= 15 is 0 Å². The summed E-state index contributed by atoms with van der Waals surface area (Å²) >= 11 is 1.10. The number of benzene rings is 1. The number of anilines is 1. The Hall–Kier alpha value is -3.13. The zero-order chi connectivity index (χ0) is 22.6. The van der Waals surface area contributed by atoms with Crippen molar-refractivity contribution in [3.63, 3.8) is 0 Å². The number of carbonyl (C=O) groups excluding carboxylic acids is 2. The lowest BCUT2D eigenvalue weighted by Crippen LogP contribution is -2.50. The van der Waals surface area contributed by atoms with Gasteiger partial charge in [0.1, 0.15) is 6.04 Å². The molecule has 7 nitrogen and oxygen atoms in total. The van der Waals surface area contributed by atoms with Crippen molar-refractivity contribution in [1.82, 2.24) is 19.9 Å². The molecule has 2 amide bonds. The molecule has 2 aromatic heterocycles. The molecular weight excluding hydrogens is 410 g/mol. The van der Waals surface area contributed by atoms with Crippen LogP contribution in [0.25, 0.3) is 0 Å². The highest BCUT2D eigenvalue weighted by Gasteiger charge is 2.36. The van der Waals surface area contributed by atoms with Crippen molar-refractivity contribution < 1.29 is 9.59 Å². The first kappa shape index (κ1) is 22.6. The Kier molecular flexibility index (Phi) is 6.80. The number of nitrogens with one attached hydrogen (secondary N) is 1. The molecule has 0 fully saturated rings. The third-order valence-electron chi connectivity index (χ3n) is 5.30. The summed E-state index contributed by atoms with van der Waals surface area (Å²) in [6.07, 6.45) is 3.99. The minimum absolute atomic E-state index is 0.201. The fraction of sp³-hybridized carbons (Fsp3) is 0.348. The van der Waals surface area contributed by atoms with Crippen molar-refractivity contribution >= 4 is 29.0 Å². The molecule has 0 unspecified atom stereocenters. The van der Waals surface area contributed by atoms with Crippen molar-refractivity contribution in [3.05, 3.63) is 70.5 Å². The van der Waals surface area contributed by atoms with E-state index in [4.69, 9.17) is 0 Å². The Morgan fingerprint density at radius 2 is 1.87 bits per heavy atom. The highest BCUT2D eigenvalue weighted by molar-refractivity contribution is 7.03. The van der Waals surface area contributed by atoms with E-state index in [0.29, 0.717) is 11.3 Å². The SMILES string of the molecule is CCC(C)(C)NC(=O)[C@@H](c1ccncc1)N(C(=O)c1csnn1)c1cc(C)ccc1C. The highest BCUT2D eigenvalue weighted by Crippen LogP contribution is 2.33. The van der Waals surface area contributed by atoms with Crippen LogP contribution in [0.5, 0.6) is 0 Å². The van der Waals surface area contributed by atoms with Gasteiger partial charge in [0.25, 0.3) is 5.91 Å². The lowest BCUT2D eigenvalue weighted by Gasteiger charge is -2.35. The quantitative estimate of drug-likeness (QED) is 0.597. The number of hydrogen-bond acceptors (Lipinski definition) is 6. The van der Waals surface area contributed by atoms with Crippen LogP contribution in [0.3, 0.4) is 0 Å². The van der Waals surface area contributed by atoms with Crippen LogP contribution in [0.2, 0.25) is 0 Å². The molecule has 0 aliphatic carbocycles. The molecule has 31 heavy (non-hydrogen) atoms. The van der Waals surface area contributed by atoms with Gasteiger partial charge >= 0.3 is 0 Å². The number of rotatable bonds is 7. The Morgan fingerprint density at radius 3 is 2.48 bits per heavy atom. The Bertz CT molecular complexity index is 1050. The van der Waals surface area contributed by atoms with Gasteiger partial charge in [-0.1, -0.05) is 23.5 Å². The van der Waals surface area contributed by atoms with Crippen LogP contribution in [0.1, 0.15) is 60.4 Å². The Balaban J connectivity index is 2.20. The zero-order valence-corrected chi connectivity index (χ0v) is 19.2. The minimum Gasteiger partial charge on any atom is -0.349 e.